The number of hydrogen-bond acceptors (Lipinski definition) is 2. The quantitative estimate of drug-likeness (QED) is 0.847. The molecule has 2 atom stereocenters. The SMILES string of the molecule is CC1CCC(C(N)=O)CN1C(=O)c1cc(F)c(F)c(F)c1. The Kier molecular flexibility index (Phi) is 4.20. The number of rotatable bonds is 2. The maximum absolute atomic E-state index is 13.2. The van der Waals surface area contributed by atoms with E-state index in [2.05, 4.69) is 0 Å². The van der Waals surface area contributed by atoms with Crippen LogP contribution in [0.15, 0.2) is 12.1 Å². The summed E-state index contributed by atoms with van der Waals surface area (Å²) in [5.41, 5.74) is 4.95. The molecule has 0 bridgehead atoms. The highest BCUT2D eigenvalue weighted by Crippen LogP contribution is 2.24. The number of nitrogens with two attached hydrogens (primary N) is 1. The van der Waals surface area contributed by atoms with E-state index >= 15 is 0 Å². The van der Waals surface area contributed by atoms with Crippen molar-refractivity contribution in [1.82, 2.24) is 4.90 Å². The van der Waals surface area contributed by atoms with Gasteiger partial charge in [0, 0.05) is 18.2 Å². The van der Waals surface area contributed by atoms with Crippen molar-refractivity contribution in [3.63, 3.8) is 0 Å². The summed E-state index contributed by atoms with van der Waals surface area (Å²) in [6.45, 7) is 1.86. The molecule has 114 valence electrons. The van der Waals surface area contributed by atoms with Gasteiger partial charge < -0.3 is 10.6 Å². The maximum atomic E-state index is 13.2. The van der Waals surface area contributed by atoms with E-state index in [1.165, 1.54) is 4.90 Å². The summed E-state index contributed by atoms with van der Waals surface area (Å²) in [5.74, 6) is -6.11. The summed E-state index contributed by atoms with van der Waals surface area (Å²) in [4.78, 5) is 24.9. The van der Waals surface area contributed by atoms with Crippen LogP contribution >= 0.6 is 0 Å². The van der Waals surface area contributed by atoms with Crippen LogP contribution < -0.4 is 5.73 Å². The van der Waals surface area contributed by atoms with Gasteiger partial charge in [-0.25, -0.2) is 13.2 Å². The third-order valence-electron chi connectivity index (χ3n) is 3.78. The van der Waals surface area contributed by atoms with Gasteiger partial charge in [-0.2, -0.15) is 0 Å². The molecule has 0 aromatic heterocycles. The molecule has 2 amide bonds. The van der Waals surface area contributed by atoms with Gasteiger partial charge in [0.2, 0.25) is 5.91 Å². The van der Waals surface area contributed by atoms with E-state index in [0.29, 0.717) is 25.0 Å². The van der Waals surface area contributed by atoms with E-state index in [4.69, 9.17) is 5.73 Å². The topological polar surface area (TPSA) is 63.4 Å². The molecular weight excluding hydrogens is 285 g/mol. The highest BCUT2D eigenvalue weighted by Gasteiger charge is 2.32. The molecule has 1 saturated heterocycles. The fourth-order valence-corrected chi connectivity index (χ4v) is 2.47. The number of hydrogen-bond donors (Lipinski definition) is 1. The number of benzene rings is 1. The number of piperidine rings is 1. The predicted octanol–water partition coefficient (Wildman–Crippen LogP) is 1.83. The molecule has 0 spiro atoms. The molecule has 0 aliphatic carbocycles. The molecular formula is C14H15F3N2O2. The highest BCUT2D eigenvalue weighted by molar-refractivity contribution is 5.95. The molecule has 1 aliphatic rings. The molecule has 7 heteroatoms. The van der Waals surface area contributed by atoms with Crippen molar-refractivity contribution in [2.24, 2.45) is 11.7 Å². The second-order valence-electron chi connectivity index (χ2n) is 5.24. The first-order valence-electron chi connectivity index (χ1n) is 6.56. The molecule has 2 N–H and O–H groups in total. The lowest BCUT2D eigenvalue weighted by atomic mass is 9.92. The minimum Gasteiger partial charge on any atom is -0.369 e. The van der Waals surface area contributed by atoms with E-state index in [1.54, 1.807) is 6.92 Å². The first kappa shape index (κ1) is 15.3. The van der Waals surface area contributed by atoms with Crippen molar-refractivity contribution < 1.29 is 22.8 Å². The zero-order valence-electron chi connectivity index (χ0n) is 11.4. The number of carbonyl (C=O) groups excluding carboxylic acids is 2. The van der Waals surface area contributed by atoms with Crippen molar-refractivity contribution in [2.45, 2.75) is 25.8 Å². The van der Waals surface area contributed by atoms with Crippen molar-refractivity contribution >= 4 is 11.8 Å². The Bertz CT molecular complexity index is 569. The van der Waals surface area contributed by atoms with Crippen LogP contribution in [0.3, 0.4) is 0 Å². The third kappa shape index (κ3) is 3.01. The molecule has 1 heterocycles. The van der Waals surface area contributed by atoms with E-state index in [1.807, 2.05) is 0 Å². The van der Waals surface area contributed by atoms with Gasteiger partial charge in [0.1, 0.15) is 0 Å². The van der Waals surface area contributed by atoms with Gasteiger partial charge in [0.05, 0.1) is 5.92 Å². The zero-order chi connectivity index (χ0) is 15.7. The van der Waals surface area contributed by atoms with Gasteiger partial charge in [-0.05, 0) is 31.9 Å². The van der Waals surface area contributed by atoms with E-state index in [-0.39, 0.29) is 18.2 Å². The summed E-state index contributed by atoms with van der Waals surface area (Å²) in [5, 5.41) is 0. The first-order chi connectivity index (χ1) is 9.81. The lowest BCUT2D eigenvalue weighted by molar-refractivity contribution is -0.123. The summed E-state index contributed by atoms with van der Waals surface area (Å²) in [7, 11) is 0. The molecule has 4 nitrogen and oxygen atoms in total. The average Bonchev–Trinajstić information content (AvgIpc) is 2.43. The Hall–Kier alpha value is -2.05. The highest BCUT2D eigenvalue weighted by atomic mass is 19.2. The van der Waals surface area contributed by atoms with Crippen LogP contribution in [-0.2, 0) is 4.79 Å². The second kappa shape index (κ2) is 5.75. The van der Waals surface area contributed by atoms with Crippen molar-refractivity contribution in [3.05, 3.63) is 35.1 Å². The van der Waals surface area contributed by atoms with Crippen LogP contribution in [0.2, 0.25) is 0 Å². The Morgan fingerprint density at radius 3 is 2.29 bits per heavy atom. The Morgan fingerprint density at radius 1 is 1.19 bits per heavy atom. The minimum atomic E-state index is -1.62. The lowest BCUT2D eigenvalue weighted by Crippen LogP contribution is -2.48. The fraction of sp³-hybridized carbons (Fsp3) is 0.429. The number of likely N-dealkylation sites (tertiary alicyclic amines) is 1. The van der Waals surface area contributed by atoms with Crippen LogP contribution in [0.5, 0.6) is 0 Å². The van der Waals surface area contributed by atoms with E-state index in [9.17, 15) is 22.8 Å². The van der Waals surface area contributed by atoms with Crippen LogP contribution in [0.1, 0.15) is 30.1 Å². The molecule has 1 aliphatic heterocycles. The minimum absolute atomic E-state index is 0.0932. The molecule has 2 rings (SSSR count). The van der Waals surface area contributed by atoms with Gasteiger partial charge in [-0.1, -0.05) is 0 Å². The van der Waals surface area contributed by atoms with Crippen molar-refractivity contribution in [2.75, 3.05) is 6.54 Å². The monoisotopic (exact) mass is 300 g/mol. The van der Waals surface area contributed by atoms with Crippen molar-refractivity contribution in [1.29, 1.82) is 0 Å². The van der Waals surface area contributed by atoms with E-state index < -0.39 is 35.2 Å². The van der Waals surface area contributed by atoms with Crippen LogP contribution in [-0.4, -0.2) is 29.3 Å². The molecule has 21 heavy (non-hydrogen) atoms. The summed E-state index contributed by atoms with van der Waals surface area (Å²) in [6.07, 6.45) is 1.12. The van der Waals surface area contributed by atoms with Crippen molar-refractivity contribution in [3.8, 4) is 0 Å². The van der Waals surface area contributed by atoms with Crippen LogP contribution in [0.25, 0.3) is 0 Å². The number of amides is 2. The fourth-order valence-electron chi connectivity index (χ4n) is 2.47. The summed E-state index contributed by atoms with van der Waals surface area (Å²) in [6, 6.07) is 1.12. The molecule has 1 fully saturated rings. The van der Waals surface area contributed by atoms with Gasteiger partial charge >= 0.3 is 0 Å². The Labute approximate surface area is 119 Å². The van der Waals surface area contributed by atoms with Gasteiger partial charge in [-0.15, -0.1) is 0 Å². The lowest BCUT2D eigenvalue weighted by Gasteiger charge is -2.37. The number of halogens is 3. The predicted molar refractivity (Wildman–Crippen MR) is 68.7 cm³/mol. The Morgan fingerprint density at radius 2 is 1.76 bits per heavy atom. The number of carbonyl (C=O) groups is 2. The average molecular weight is 300 g/mol. The third-order valence-corrected chi connectivity index (χ3v) is 3.78. The summed E-state index contributed by atoms with van der Waals surface area (Å²) < 4.78 is 39.3. The molecule has 0 saturated carbocycles. The van der Waals surface area contributed by atoms with Crippen LogP contribution in [0, 0.1) is 23.4 Å². The Balaban J connectivity index is 2.27. The largest absolute Gasteiger partial charge is 0.369 e. The summed E-state index contributed by atoms with van der Waals surface area (Å²) >= 11 is 0. The van der Waals surface area contributed by atoms with Gasteiger partial charge in [0.15, 0.2) is 17.5 Å². The first-order valence-corrected chi connectivity index (χ1v) is 6.56. The number of primary amides is 1. The molecule has 1 aromatic rings. The molecule has 1 aromatic carbocycles. The zero-order valence-corrected chi connectivity index (χ0v) is 11.4. The smallest absolute Gasteiger partial charge is 0.254 e. The second-order valence-corrected chi connectivity index (χ2v) is 5.24. The standard InChI is InChI=1S/C14H15F3N2O2/c1-7-2-3-8(13(18)20)6-19(7)14(21)9-4-10(15)12(17)11(16)5-9/h4-5,7-8H,2-3,6H2,1H3,(H2,18,20). The normalized spacial score (nSPS) is 22.2. The maximum Gasteiger partial charge on any atom is 0.254 e. The molecule has 2 unspecified atom stereocenters. The number of nitrogens with zero attached hydrogens (tertiary/aromatic N) is 1. The van der Waals surface area contributed by atoms with Gasteiger partial charge in [-0.3, -0.25) is 9.59 Å². The van der Waals surface area contributed by atoms with Crippen LogP contribution in [0.4, 0.5) is 13.2 Å². The van der Waals surface area contributed by atoms with Gasteiger partial charge in [0.25, 0.3) is 5.91 Å². The molecule has 0 radical (unpaired) electrons. The van der Waals surface area contributed by atoms with E-state index in [0.717, 1.165) is 0 Å².